The minimum atomic E-state index is -2.99. The van der Waals surface area contributed by atoms with E-state index in [1.54, 1.807) is 34.0 Å². The van der Waals surface area contributed by atoms with Crippen molar-refractivity contribution < 1.29 is 23.1 Å². The van der Waals surface area contributed by atoms with Gasteiger partial charge in [-0.1, -0.05) is 12.1 Å². The number of carbonyl (C=O) groups is 2. The van der Waals surface area contributed by atoms with Gasteiger partial charge in [0.25, 0.3) is 5.91 Å². The van der Waals surface area contributed by atoms with Crippen LogP contribution in [0.4, 0.5) is 8.78 Å². The highest BCUT2D eigenvalue weighted by Crippen LogP contribution is 2.29. The van der Waals surface area contributed by atoms with Crippen LogP contribution in [-0.4, -0.2) is 46.0 Å². The van der Waals surface area contributed by atoms with E-state index in [4.69, 9.17) is 5.73 Å². The van der Waals surface area contributed by atoms with Gasteiger partial charge in [-0.3, -0.25) is 9.59 Å². The SMILES string of the molecule is NC(=O)Cn1ccnc1C1CCN(C(=O)c2ccccc2OC(F)F)CC1. The number of nitrogens with zero attached hydrogens (tertiary/aromatic N) is 3. The van der Waals surface area contributed by atoms with Gasteiger partial charge < -0.3 is 19.9 Å². The fourth-order valence-electron chi connectivity index (χ4n) is 3.34. The van der Waals surface area contributed by atoms with E-state index in [0.717, 1.165) is 5.82 Å². The van der Waals surface area contributed by atoms with Gasteiger partial charge >= 0.3 is 6.61 Å². The van der Waals surface area contributed by atoms with E-state index in [9.17, 15) is 18.4 Å². The van der Waals surface area contributed by atoms with Crippen LogP contribution in [0.25, 0.3) is 0 Å². The lowest BCUT2D eigenvalue weighted by Gasteiger charge is -2.32. The van der Waals surface area contributed by atoms with Crippen LogP contribution in [0, 0.1) is 0 Å². The molecular formula is C18H20F2N4O3. The molecule has 3 rings (SSSR count). The number of nitrogens with two attached hydrogens (primary N) is 1. The molecule has 7 nitrogen and oxygen atoms in total. The van der Waals surface area contributed by atoms with Crippen LogP contribution < -0.4 is 10.5 Å². The van der Waals surface area contributed by atoms with E-state index in [-0.39, 0.29) is 29.7 Å². The molecule has 0 saturated carbocycles. The van der Waals surface area contributed by atoms with Crippen LogP contribution in [-0.2, 0) is 11.3 Å². The van der Waals surface area contributed by atoms with Gasteiger partial charge in [-0.2, -0.15) is 8.78 Å². The van der Waals surface area contributed by atoms with Crippen LogP contribution in [0.15, 0.2) is 36.7 Å². The highest BCUT2D eigenvalue weighted by molar-refractivity contribution is 5.97. The molecule has 9 heteroatoms. The van der Waals surface area contributed by atoms with E-state index in [2.05, 4.69) is 9.72 Å². The maximum absolute atomic E-state index is 12.7. The van der Waals surface area contributed by atoms with Gasteiger partial charge in [-0.05, 0) is 25.0 Å². The normalized spacial score (nSPS) is 15.1. The molecule has 1 fully saturated rings. The first-order chi connectivity index (χ1) is 13.0. The molecule has 1 aliphatic rings. The molecule has 0 spiro atoms. The number of alkyl halides is 2. The standard InChI is InChI=1S/C18H20F2N4O3/c19-18(20)27-14-4-2-1-3-13(14)17(26)23-8-5-12(6-9-23)16-22-7-10-24(16)11-15(21)25/h1-4,7,10,12,18H,5-6,8-9,11H2,(H2,21,25). The minimum absolute atomic E-state index is 0.0623. The summed E-state index contributed by atoms with van der Waals surface area (Å²) in [7, 11) is 0. The Morgan fingerprint density at radius 2 is 1.96 bits per heavy atom. The molecule has 0 radical (unpaired) electrons. The zero-order chi connectivity index (χ0) is 19.4. The van der Waals surface area contributed by atoms with Crippen molar-refractivity contribution in [3.05, 3.63) is 48.0 Å². The summed E-state index contributed by atoms with van der Waals surface area (Å²) in [5, 5.41) is 0. The topological polar surface area (TPSA) is 90.5 Å². The Labute approximate surface area is 154 Å². The van der Waals surface area contributed by atoms with Crippen molar-refractivity contribution in [1.82, 2.24) is 14.5 Å². The minimum Gasteiger partial charge on any atom is -0.434 e. The molecular weight excluding hydrogens is 358 g/mol. The molecule has 0 unspecified atom stereocenters. The largest absolute Gasteiger partial charge is 0.434 e. The summed E-state index contributed by atoms with van der Waals surface area (Å²) < 4.78 is 31.3. The van der Waals surface area contributed by atoms with Gasteiger partial charge in [-0.15, -0.1) is 0 Å². The summed E-state index contributed by atoms with van der Waals surface area (Å²) in [6.45, 7) is -2.02. The molecule has 2 N–H and O–H groups in total. The summed E-state index contributed by atoms with van der Waals surface area (Å²) in [4.78, 5) is 29.8. The van der Waals surface area contributed by atoms with E-state index in [0.29, 0.717) is 25.9 Å². The van der Waals surface area contributed by atoms with Gasteiger partial charge in [0, 0.05) is 31.4 Å². The number of imidazole rings is 1. The third kappa shape index (κ3) is 4.42. The number of rotatable bonds is 6. The summed E-state index contributed by atoms with van der Waals surface area (Å²) in [5.41, 5.74) is 5.37. The molecule has 0 aliphatic carbocycles. The number of carbonyl (C=O) groups excluding carboxylic acids is 2. The summed E-state index contributed by atoms with van der Waals surface area (Å²) in [6.07, 6.45) is 4.63. The highest BCUT2D eigenvalue weighted by Gasteiger charge is 2.28. The molecule has 0 bridgehead atoms. The van der Waals surface area contributed by atoms with Gasteiger partial charge in [0.15, 0.2) is 0 Å². The van der Waals surface area contributed by atoms with Crippen LogP contribution >= 0.6 is 0 Å². The van der Waals surface area contributed by atoms with Crippen molar-refractivity contribution in [3.63, 3.8) is 0 Å². The Balaban J connectivity index is 1.67. The average molecular weight is 378 g/mol. The number of likely N-dealkylation sites (tertiary alicyclic amines) is 1. The number of ether oxygens (including phenoxy) is 1. The maximum Gasteiger partial charge on any atom is 0.387 e. The smallest absolute Gasteiger partial charge is 0.387 e. The number of hydrogen-bond donors (Lipinski definition) is 1. The number of primary amides is 1. The monoisotopic (exact) mass is 378 g/mol. The zero-order valence-electron chi connectivity index (χ0n) is 14.6. The summed E-state index contributed by atoms with van der Waals surface area (Å²) in [6, 6.07) is 5.98. The Morgan fingerprint density at radius 3 is 2.63 bits per heavy atom. The Bertz CT molecular complexity index is 816. The molecule has 0 atom stereocenters. The molecule has 2 amide bonds. The molecule has 1 aliphatic heterocycles. The third-order valence-electron chi connectivity index (χ3n) is 4.55. The lowest BCUT2D eigenvalue weighted by atomic mass is 9.95. The highest BCUT2D eigenvalue weighted by atomic mass is 19.3. The van der Waals surface area contributed by atoms with Gasteiger partial charge in [0.2, 0.25) is 5.91 Å². The number of aromatic nitrogens is 2. The first-order valence-corrected chi connectivity index (χ1v) is 8.58. The van der Waals surface area contributed by atoms with E-state index in [1.165, 1.54) is 12.1 Å². The number of hydrogen-bond acceptors (Lipinski definition) is 4. The molecule has 1 aromatic carbocycles. The van der Waals surface area contributed by atoms with Crippen molar-refractivity contribution in [3.8, 4) is 5.75 Å². The Kier molecular flexibility index (Phi) is 5.68. The van der Waals surface area contributed by atoms with Crippen molar-refractivity contribution in [2.45, 2.75) is 31.9 Å². The summed E-state index contributed by atoms with van der Waals surface area (Å²) in [5.74, 6) is -0.0578. The second-order valence-electron chi connectivity index (χ2n) is 6.32. The Morgan fingerprint density at radius 1 is 1.26 bits per heavy atom. The van der Waals surface area contributed by atoms with Crippen LogP contribution in [0.2, 0.25) is 0 Å². The number of amides is 2. The van der Waals surface area contributed by atoms with Crippen LogP contribution in [0.5, 0.6) is 5.75 Å². The lowest BCUT2D eigenvalue weighted by Crippen LogP contribution is -2.38. The van der Waals surface area contributed by atoms with E-state index in [1.807, 2.05) is 0 Å². The van der Waals surface area contributed by atoms with Crippen LogP contribution in [0.3, 0.4) is 0 Å². The van der Waals surface area contributed by atoms with E-state index >= 15 is 0 Å². The second-order valence-corrected chi connectivity index (χ2v) is 6.32. The van der Waals surface area contributed by atoms with Gasteiger partial charge in [-0.25, -0.2) is 4.98 Å². The molecule has 27 heavy (non-hydrogen) atoms. The second kappa shape index (κ2) is 8.15. The predicted octanol–water partition coefficient (Wildman–Crippen LogP) is 1.99. The first-order valence-electron chi connectivity index (χ1n) is 8.58. The maximum atomic E-state index is 12.7. The number of benzene rings is 1. The van der Waals surface area contributed by atoms with Gasteiger partial charge in [0.05, 0.1) is 5.56 Å². The average Bonchev–Trinajstić information content (AvgIpc) is 3.08. The molecule has 2 heterocycles. The quantitative estimate of drug-likeness (QED) is 0.832. The first kappa shape index (κ1) is 18.8. The van der Waals surface area contributed by atoms with Crippen molar-refractivity contribution in [1.29, 1.82) is 0 Å². The van der Waals surface area contributed by atoms with E-state index < -0.39 is 12.5 Å². The summed E-state index contributed by atoms with van der Waals surface area (Å²) >= 11 is 0. The van der Waals surface area contributed by atoms with Crippen molar-refractivity contribution in [2.75, 3.05) is 13.1 Å². The molecule has 144 valence electrons. The third-order valence-corrected chi connectivity index (χ3v) is 4.55. The number of piperidine rings is 1. The fourth-order valence-corrected chi connectivity index (χ4v) is 3.34. The van der Waals surface area contributed by atoms with Crippen molar-refractivity contribution >= 4 is 11.8 Å². The van der Waals surface area contributed by atoms with Gasteiger partial charge in [0.1, 0.15) is 18.1 Å². The molecule has 1 aromatic heterocycles. The molecule has 1 saturated heterocycles. The molecule has 2 aromatic rings. The number of halogens is 2. The zero-order valence-corrected chi connectivity index (χ0v) is 14.6. The lowest BCUT2D eigenvalue weighted by molar-refractivity contribution is -0.118. The van der Waals surface area contributed by atoms with Crippen molar-refractivity contribution in [2.24, 2.45) is 5.73 Å². The number of para-hydroxylation sites is 1. The Hall–Kier alpha value is -2.97. The van der Waals surface area contributed by atoms with Crippen LogP contribution in [0.1, 0.15) is 34.9 Å². The predicted molar refractivity (Wildman–Crippen MR) is 92.4 cm³/mol. The fraction of sp³-hybridized carbons (Fsp3) is 0.389.